The molecule has 0 heterocycles. The maximum atomic E-state index is 6.06. The van der Waals surface area contributed by atoms with Crippen LogP contribution in [0.15, 0.2) is 42.5 Å². The summed E-state index contributed by atoms with van der Waals surface area (Å²) in [6.45, 7) is 2.01. The molecule has 0 saturated heterocycles. The van der Waals surface area contributed by atoms with Crippen molar-refractivity contribution in [1.29, 1.82) is 0 Å². The normalized spacial score (nSPS) is 10.1. The Morgan fingerprint density at radius 3 is 2.56 bits per heavy atom. The molecule has 82 valence electrons. The molecule has 2 aromatic rings. The van der Waals surface area contributed by atoms with Crippen LogP contribution in [-0.2, 0) is 0 Å². The minimum absolute atomic E-state index is 0.697. The first kappa shape index (κ1) is 10.8. The van der Waals surface area contributed by atoms with Crippen LogP contribution in [0, 0.1) is 6.92 Å². The lowest BCUT2D eigenvalue weighted by Gasteiger charge is -2.09. The number of benzene rings is 2. The van der Waals surface area contributed by atoms with Gasteiger partial charge in [-0.2, -0.15) is 0 Å². The summed E-state index contributed by atoms with van der Waals surface area (Å²) in [5, 5.41) is 3.94. The van der Waals surface area contributed by atoms with E-state index in [1.165, 1.54) is 0 Å². The molecule has 0 fully saturated rings. The Bertz CT molecular complexity index is 489. The first-order chi connectivity index (χ1) is 7.65. The Balaban J connectivity index is 2.30. The molecule has 2 rings (SSSR count). The van der Waals surface area contributed by atoms with Gasteiger partial charge in [0, 0.05) is 11.4 Å². The van der Waals surface area contributed by atoms with Gasteiger partial charge in [0.1, 0.15) is 0 Å². The van der Waals surface area contributed by atoms with Gasteiger partial charge in [-0.3, -0.25) is 0 Å². The van der Waals surface area contributed by atoms with E-state index in [0.717, 1.165) is 22.6 Å². The smallest absolute Gasteiger partial charge is 0.0640 e. The number of hydrogen-bond donors (Lipinski definition) is 2. The molecule has 0 aromatic heterocycles. The van der Waals surface area contributed by atoms with Crippen molar-refractivity contribution >= 4 is 28.7 Å². The van der Waals surface area contributed by atoms with E-state index in [2.05, 4.69) is 5.32 Å². The molecule has 0 aliphatic rings. The van der Waals surface area contributed by atoms with E-state index >= 15 is 0 Å². The van der Waals surface area contributed by atoms with Crippen molar-refractivity contribution in [3.63, 3.8) is 0 Å². The molecule has 0 unspecified atom stereocenters. The molecule has 0 bridgehead atoms. The fourth-order valence-electron chi connectivity index (χ4n) is 1.60. The average molecular weight is 233 g/mol. The highest BCUT2D eigenvalue weighted by Gasteiger charge is 2.00. The van der Waals surface area contributed by atoms with Gasteiger partial charge in [0.05, 0.1) is 10.7 Å². The lowest BCUT2D eigenvalue weighted by molar-refractivity contribution is 1.45. The first-order valence-electron chi connectivity index (χ1n) is 5.04. The minimum atomic E-state index is 0.697. The van der Waals surface area contributed by atoms with E-state index in [9.17, 15) is 0 Å². The third kappa shape index (κ3) is 2.47. The van der Waals surface area contributed by atoms with Gasteiger partial charge in [-0.1, -0.05) is 23.7 Å². The SMILES string of the molecule is Cc1cc(N)cc(Nc2ccccc2Cl)c1. The summed E-state index contributed by atoms with van der Waals surface area (Å²) in [5.41, 5.74) is 9.48. The van der Waals surface area contributed by atoms with Gasteiger partial charge in [-0.05, 0) is 42.8 Å². The van der Waals surface area contributed by atoms with E-state index in [4.69, 9.17) is 17.3 Å². The highest BCUT2D eigenvalue weighted by molar-refractivity contribution is 6.33. The van der Waals surface area contributed by atoms with Crippen molar-refractivity contribution in [2.45, 2.75) is 6.92 Å². The van der Waals surface area contributed by atoms with Crippen molar-refractivity contribution in [2.75, 3.05) is 11.1 Å². The summed E-state index contributed by atoms with van der Waals surface area (Å²) in [5.74, 6) is 0. The van der Waals surface area contributed by atoms with Crippen molar-refractivity contribution < 1.29 is 0 Å². The summed E-state index contributed by atoms with van der Waals surface area (Å²) < 4.78 is 0. The zero-order valence-corrected chi connectivity index (χ0v) is 9.75. The Labute approximate surface area is 100 Å². The topological polar surface area (TPSA) is 38.0 Å². The van der Waals surface area contributed by atoms with Crippen LogP contribution in [0.4, 0.5) is 17.1 Å². The molecule has 0 amide bonds. The number of nitrogens with one attached hydrogen (secondary N) is 1. The molecule has 3 N–H and O–H groups in total. The summed E-state index contributed by atoms with van der Waals surface area (Å²) in [6, 6.07) is 13.5. The van der Waals surface area contributed by atoms with Gasteiger partial charge < -0.3 is 11.1 Å². The van der Waals surface area contributed by atoms with E-state index in [0.29, 0.717) is 5.02 Å². The number of rotatable bonds is 2. The zero-order valence-electron chi connectivity index (χ0n) is 9.00. The number of anilines is 3. The molecule has 0 saturated carbocycles. The van der Waals surface area contributed by atoms with E-state index in [1.807, 2.05) is 49.4 Å². The van der Waals surface area contributed by atoms with Crippen LogP contribution in [-0.4, -0.2) is 0 Å². The van der Waals surface area contributed by atoms with E-state index in [1.54, 1.807) is 0 Å². The van der Waals surface area contributed by atoms with Gasteiger partial charge in [-0.15, -0.1) is 0 Å². The molecule has 3 heteroatoms. The summed E-state index contributed by atoms with van der Waals surface area (Å²) >= 11 is 6.06. The first-order valence-corrected chi connectivity index (χ1v) is 5.42. The molecule has 16 heavy (non-hydrogen) atoms. The molecule has 2 aromatic carbocycles. The van der Waals surface area contributed by atoms with E-state index < -0.39 is 0 Å². The highest BCUT2D eigenvalue weighted by atomic mass is 35.5. The molecule has 0 atom stereocenters. The molecule has 2 nitrogen and oxygen atoms in total. The number of halogens is 1. The average Bonchev–Trinajstić information content (AvgIpc) is 2.20. The largest absolute Gasteiger partial charge is 0.399 e. The molecular formula is C13H13ClN2. The Morgan fingerprint density at radius 1 is 1.12 bits per heavy atom. The van der Waals surface area contributed by atoms with Gasteiger partial charge in [0.15, 0.2) is 0 Å². The molecule has 0 radical (unpaired) electrons. The fourth-order valence-corrected chi connectivity index (χ4v) is 1.79. The maximum absolute atomic E-state index is 6.06. The predicted octanol–water partition coefficient (Wildman–Crippen LogP) is 3.97. The Kier molecular flexibility index (Phi) is 3.02. The van der Waals surface area contributed by atoms with Crippen LogP contribution < -0.4 is 11.1 Å². The van der Waals surface area contributed by atoms with Crippen LogP contribution >= 0.6 is 11.6 Å². The maximum Gasteiger partial charge on any atom is 0.0640 e. The van der Waals surface area contributed by atoms with Gasteiger partial charge in [-0.25, -0.2) is 0 Å². The minimum Gasteiger partial charge on any atom is -0.399 e. The molecule has 0 aliphatic carbocycles. The second-order valence-electron chi connectivity index (χ2n) is 3.74. The van der Waals surface area contributed by atoms with Crippen LogP contribution in [0.3, 0.4) is 0 Å². The van der Waals surface area contributed by atoms with Crippen LogP contribution in [0.2, 0.25) is 5.02 Å². The van der Waals surface area contributed by atoms with Crippen molar-refractivity contribution in [2.24, 2.45) is 0 Å². The van der Waals surface area contributed by atoms with Crippen molar-refractivity contribution in [1.82, 2.24) is 0 Å². The number of para-hydroxylation sites is 1. The number of aryl methyl sites for hydroxylation is 1. The quantitative estimate of drug-likeness (QED) is 0.769. The monoisotopic (exact) mass is 232 g/mol. The second-order valence-corrected chi connectivity index (χ2v) is 4.14. The zero-order chi connectivity index (χ0) is 11.5. The fraction of sp³-hybridized carbons (Fsp3) is 0.0769. The predicted molar refractivity (Wildman–Crippen MR) is 70.3 cm³/mol. The van der Waals surface area contributed by atoms with Crippen molar-refractivity contribution in [3.8, 4) is 0 Å². The number of nitrogen functional groups attached to an aromatic ring is 1. The third-order valence-electron chi connectivity index (χ3n) is 2.25. The van der Waals surface area contributed by atoms with Gasteiger partial charge >= 0.3 is 0 Å². The second kappa shape index (κ2) is 4.45. The lowest BCUT2D eigenvalue weighted by Crippen LogP contribution is -1.94. The Morgan fingerprint density at radius 2 is 1.88 bits per heavy atom. The number of hydrogen-bond acceptors (Lipinski definition) is 2. The lowest BCUT2D eigenvalue weighted by atomic mass is 10.2. The van der Waals surface area contributed by atoms with Crippen LogP contribution in [0.25, 0.3) is 0 Å². The van der Waals surface area contributed by atoms with Crippen LogP contribution in [0.5, 0.6) is 0 Å². The molecule has 0 aliphatic heterocycles. The van der Waals surface area contributed by atoms with Crippen molar-refractivity contribution in [3.05, 3.63) is 53.1 Å². The summed E-state index contributed by atoms with van der Waals surface area (Å²) in [4.78, 5) is 0. The third-order valence-corrected chi connectivity index (χ3v) is 2.58. The summed E-state index contributed by atoms with van der Waals surface area (Å²) in [7, 11) is 0. The molecular weight excluding hydrogens is 220 g/mol. The van der Waals surface area contributed by atoms with Gasteiger partial charge in [0.2, 0.25) is 0 Å². The Hall–Kier alpha value is -1.67. The van der Waals surface area contributed by atoms with Gasteiger partial charge in [0.25, 0.3) is 0 Å². The highest BCUT2D eigenvalue weighted by Crippen LogP contribution is 2.26. The summed E-state index contributed by atoms with van der Waals surface area (Å²) in [6.07, 6.45) is 0. The standard InChI is InChI=1S/C13H13ClN2/c1-9-6-10(15)8-11(7-9)16-13-5-3-2-4-12(13)14/h2-8,16H,15H2,1H3. The number of nitrogens with two attached hydrogens (primary N) is 1. The van der Waals surface area contributed by atoms with E-state index in [-0.39, 0.29) is 0 Å². The molecule has 0 spiro atoms. The van der Waals surface area contributed by atoms with Crippen LogP contribution in [0.1, 0.15) is 5.56 Å².